The van der Waals surface area contributed by atoms with Gasteiger partial charge in [0.1, 0.15) is 11.6 Å². The fourth-order valence-corrected chi connectivity index (χ4v) is 1.34. The van der Waals surface area contributed by atoms with E-state index in [1.165, 1.54) is 4.68 Å². The van der Waals surface area contributed by atoms with Crippen LogP contribution >= 0.6 is 0 Å². The predicted molar refractivity (Wildman–Crippen MR) is 62.3 cm³/mol. The number of nitriles is 1. The molecule has 1 aromatic rings. The molecule has 0 spiro atoms. The lowest BCUT2D eigenvalue weighted by atomic mass is 10.3. The number of ether oxygens (including phenoxy) is 1. The van der Waals surface area contributed by atoms with Gasteiger partial charge in [0, 0.05) is 32.9 Å². The molecule has 1 amide bonds. The van der Waals surface area contributed by atoms with Gasteiger partial charge >= 0.3 is 0 Å². The lowest BCUT2D eigenvalue weighted by Crippen LogP contribution is -2.13. The third kappa shape index (κ3) is 4.25. The van der Waals surface area contributed by atoms with Gasteiger partial charge in [0.15, 0.2) is 5.82 Å². The molecule has 92 valence electrons. The molecule has 0 aliphatic rings. The van der Waals surface area contributed by atoms with Gasteiger partial charge in [-0.1, -0.05) is 0 Å². The summed E-state index contributed by atoms with van der Waals surface area (Å²) in [7, 11) is 1.70. The van der Waals surface area contributed by atoms with E-state index in [2.05, 4.69) is 10.4 Å². The fourth-order valence-electron chi connectivity index (χ4n) is 1.34. The third-order valence-corrected chi connectivity index (χ3v) is 2.10. The van der Waals surface area contributed by atoms with E-state index >= 15 is 0 Å². The minimum Gasteiger partial charge on any atom is -0.382 e. The molecule has 1 heterocycles. The molecule has 0 saturated carbocycles. The van der Waals surface area contributed by atoms with E-state index in [1.54, 1.807) is 13.2 Å². The van der Waals surface area contributed by atoms with Gasteiger partial charge in [-0.3, -0.25) is 9.48 Å². The molecule has 17 heavy (non-hydrogen) atoms. The number of hydrogen-bond donors (Lipinski definition) is 1. The smallest absolute Gasteiger partial charge is 0.225 e. The van der Waals surface area contributed by atoms with Gasteiger partial charge in [-0.25, -0.2) is 0 Å². The van der Waals surface area contributed by atoms with Crippen LogP contribution in [0.2, 0.25) is 0 Å². The Morgan fingerprint density at radius 1 is 1.71 bits per heavy atom. The van der Waals surface area contributed by atoms with Gasteiger partial charge in [0.2, 0.25) is 5.91 Å². The minimum absolute atomic E-state index is 0.153. The third-order valence-electron chi connectivity index (χ3n) is 2.10. The van der Waals surface area contributed by atoms with Crippen LogP contribution in [0, 0.1) is 11.3 Å². The standard InChI is InChI=1S/C11H16N4O2/c1-3-17-6-4-5-10(16)13-11-9(7-12)8-15(2)14-11/h8H,3-6H2,1-2H3,(H,13,14,16). The van der Waals surface area contributed by atoms with Crippen LogP contribution in [0.15, 0.2) is 6.20 Å². The number of carbonyl (C=O) groups excluding carboxylic acids is 1. The summed E-state index contributed by atoms with van der Waals surface area (Å²) >= 11 is 0. The summed E-state index contributed by atoms with van der Waals surface area (Å²) in [6.45, 7) is 3.13. The maximum atomic E-state index is 11.5. The van der Waals surface area contributed by atoms with Crippen LogP contribution < -0.4 is 5.32 Å². The largest absolute Gasteiger partial charge is 0.382 e. The SMILES string of the molecule is CCOCCCC(=O)Nc1nn(C)cc1C#N. The number of carbonyl (C=O) groups is 1. The quantitative estimate of drug-likeness (QED) is 0.748. The van der Waals surface area contributed by atoms with Crippen molar-refractivity contribution in [2.75, 3.05) is 18.5 Å². The topological polar surface area (TPSA) is 79.9 Å². The van der Waals surface area contributed by atoms with Crippen molar-refractivity contribution in [3.05, 3.63) is 11.8 Å². The van der Waals surface area contributed by atoms with Crippen molar-refractivity contribution in [3.63, 3.8) is 0 Å². The molecule has 0 aliphatic carbocycles. The summed E-state index contributed by atoms with van der Waals surface area (Å²) in [6, 6.07) is 1.98. The van der Waals surface area contributed by atoms with Crippen LogP contribution in [-0.4, -0.2) is 28.9 Å². The van der Waals surface area contributed by atoms with Crippen molar-refractivity contribution in [1.29, 1.82) is 5.26 Å². The number of hydrogen-bond acceptors (Lipinski definition) is 4. The summed E-state index contributed by atoms with van der Waals surface area (Å²) in [5.74, 6) is 0.163. The van der Waals surface area contributed by atoms with Gasteiger partial charge in [0.25, 0.3) is 0 Å². The van der Waals surface area contributed by atoms with Crippen LogP contribution in [0.5, 0.6) is 0 Å². The summed E-state index contributed by atoms with van der Waals surface area (Å²) in [4.78, 5) is 11.5. The van der Waals surface area contributed by atoms with E-state index < -0.39 is 0 Å². The first-order valence-electron chi connectivity index (χ1n) is 5.48. The highest BCUT2D eigenvalue weighted by molar-refractivity contribution is 5.90. The van der Waals surface area contributed by atoms with E-state index in [4.69, 9.17) is 10.00 Å². The molecular formula is C11H16N4O2. The van der Waals surface area contributed by atoms with Crippen LogP contribution in [0.3, 0.4) is 0 Å². The number of nitrogens with zero attached hydrogens (tertiary/aromatic N) is 3. The number of nitrogens with one attached hydrogen (secondary N) is 1. The van der Waals surface area contributed by atoms with Crippen molar-refractivity contribution >= 4 is 11.7 Å². The maximum Gasteiger partial charge on any atom is 0.225 e. The molecule has 0 aliphatic heterocycles. The number of aromatic nitrogens is 2. The Bertz CT molecular complexity index is 420. The molecule has 6 nitrogen and oxygen atoms in total. The first-order valence-corrected chi connectivity index (χ1v) is 5.48. The number of anilines is 1. The number of amides is 1. The van der Waals surface area contributed by atoms with Gasteiger partial charge in [-0.15, -0.1) is 0 Å². The average Bonchev–Trinajstić information content (AvgIpc) is 2.65. The molecule has 6 heteroatoms. The Labute approximate surface area is 100 Å². The molecule has 0 bridgehead atoms. The average molecular weight is 236 g/mol. The summed E-state index contributed by atoms with van der Waals surface area (Å²) < 4.78 is 6.63. The van der Waals surface area contributed by atoms with Crippen molar-refractivity contribution in [2.24, 2.45) is 7.05 Å². The molecular weight excluding hydrogens is 220 g/mol. The van der Waals surface area contributed by atoms with Crippen molar-refractivity contribution in [2.45, 2.75) is 19.8 Å². The zero-order valence-corrected chi connectivity index (χ0v) is 10.1. The second kappa shape index (κ2) is 6.66. The highest BCUT2D eigenvalue weighted by Gasteiger charge is 2.10. The summed E-state index contributed by atoms with van der Waals surface area (Å²) in [6.07, 6.45) is 2.59. The van der Waals surface area contributed by atoms with Gasteiger partial charge in [-0.05, 0) is 13.3 Å². The Kier molecular flexibility index (Phi) is 5.17. The maximum absolute atomic E-state index is 11.5. The zero-order chi connectivity index (χ0) is 12.7. The first kappa shape index (κ1) is 13.2. The van der Waals surface area contributed by atoms with E-state index in [-0.39, 0.29) is 5.91 Å². The zero-order valence-electron chi connectivity index (χ0n) is 10.1. The van der Waals surface area contributed by atoms with Crippen LogP contribution in [0.1, 0.15) is 25.3 Å². The number of aryl methyl sites for hydroxylation is 1. The highest BCUT2D eigenvalue weighted by atomic mass is 16.5. The van der Waals surface area contributed by atoms with Gasteiger partial charge in [0.05, 0.1) is 0 Å². The Hall–Kier alpha value is -1.87. The van der Waals surface area contributed by atoms with E-state index in [9.17, 15) is 4.79 Å². The van der Waals surface area contributed by atoms with E-state index in [1.807, 2.05) is 13.0 Å². The first-order chi connectivity index (χ1) is 8.17. The van der Waals surface area contributed by atoms with Gasteiger partial charge < -0.3 is 10.1 Å². The molecule has 0 atom stereocenters. The van der Waals surface area contributed by atoms with E-state index in [0.29, 0.717) is 37.4 Å². The lowest BCUT2D eigenvalue weighted by Gasteiger charge is -2.02. The van der Waals surface area contributed by atoms with Gasteiger partial charge in [-0.2, -0.15) is 10.4 Å². The van der Waals surface area contributed by atoms with Crippen LogP contribution in [-0.2, 0) is 16.6 Å². The molecule has 0 saturated heterocycles. The molecule has 0 radical (unpaired) electrons. The van der Waals surface area contributed by atoms with Crippen molar-refractivity contribution in [1.82, 2.24) is 9.78 Å². The number of rotatable bonds is 6. The Balaban J connectivity index is 2.42. The second-order valence-electron chi connectivity index (χ2n) is 3.53. The van der Waals surface area contributed by atoms with Crippen molar-refractivity contribution < 1.29 is 9.53 Å². The van der Waals surface area contributed by atoms with Crippen molar-refractivity contribution in [3.8, 4) is 6.07 Å². The second-order valence-corrected chi connectivity index (χ2v) is 3.53. The minimum atomic E-state index is -0.153. The lowest BCUT2D eigenvalue weighted by molar-refractivity contribution is -0.116. The predicted octanol–water partition coefficient (Wildman–Crippen LogP) is 1.05. The summed E-state index contributed by atoms with van der Waals surface area (Å²) in [5.41, 5.74) is 0.366. The molecule has 1 rings (SSSR count). The molecule has 0 unspecified atom stereocenters. The molecule has 0 fully saturated rings. The van der Waals surface area contributed by atoms with Crippen LogP contribution in [0.25, 0.3) is 0 Å². The Morgan fingerprint density at radius 2 is 2.47 bits per heavy atom. The molecule has 1 N–H and O–H groups in total. The normalized spacial score (nSPS) is 9.94. The fraction of sp³-hybridized carbons (Fsp3) is 0.545. The molecule has 1 aromatic heterocycles. The monoisotopic (exact) mass is 236 g/mol. The molecule has 0 aromatic carbocycles. The Morgan fingerprint density at radius 3 is 3.12 bits per heavy atom. The summed E-state index contributed by atoms with van der Waals surface area (Å²) in [5, 5.41) is 15.4. The van der Waals surface area contributed by atoms with E-state index in [0.717, 1.165) is 0 Å². The van der Waals surface area contributed by atoms with Crippen LogP contribution in [0.4, 0.5) is 5.82 Å². The highest BCUT2D eigenvalue weighted by Crippen LogP contribution is 2.11.